The minimum Gasteiger partial charge on any atom is -0.271 e. The van der Waals surface area contributed by atoms with Gasteiger partial charge in [-0.25, -0.2) is 0 Å². The highest BCUT2D eigenvalue weighted by molar-refractivity contribution is 8.76. The van der Waals surface area contributed by atoms with Crippen molar-refractivity contribution >= 4 is 37.1 Å². The summed E-state index contributed by atoms with van der Waals surface area (Å²) >= 11 is 0. The van der Waals surface area contributed by atoms with Crippen LogP contribution >= 0.6 is 37.1 Å². The van der Waals surface area contributed by atoms with Crippen LogP contribution in [0.1, 0.15) is 20.8 Å². The second-order valence-electron chi connectivity index (χ2n) is 4.07. The largest absolute Gasteiger partial charge is 0.287 e. The lowest BCUT2D eigenvalue weighted by atomic mass is 10.1. The topological polar surface area (TPSA) is 153 Å². The van der Waals surface area contributed by atoms with Gasteiger partial charge in [0.1, 0.15) is 0 Å². The number of hydrogen-bond donors (Lipinski definition) is 5. The maximum atomic E-state index is 11.6. The van der Waals surface area contributed by atoms with E-state index < -0.39 is 20.7 Å². The highest BCUT2D eigenvalue weighted by Gasteiger charge is 2.33. The Morgan fingerprint density at radius 2 is 1.56 bits per heavy atom. The second-order valence-corrected chi connectivity index (χ2v) is 9.87. The summed E-state index contributed by atoms with van der Waals surface area (Å²) in [4.78, 5) is 0. The smallest absolute Gasteiger partial charge is 0.271 e. The van der Waals surface area contributed by atoms with E-state index in [2.05, 4.69) is 4.49 Å². The van der Waals surface area contributed by atoms with Crippen LogP contribution in [0.25, 0.3) is 0 Å². The summed E-state index contributed by atoms with van der Waals surface area (Å²) in [6.07, 6.45) is 0. The van der Waals surface area contributed by atoms with E-state index in [1.165, 1.54) is 4.08 Å². The molecule has 98 valence electrons. The van der Waals surface area contributed by atoms with Crippen molar-refractivity contribution in [2.45, 2.75) is 26.3 Å². The minimum absolute atomic E-state index is 0.522. The highest BCUT2D eigenvalue weighted by atomic mass is 33.1. The zero-order chi connectivity index (χ0) is 13.2. The monoisotopic (exact) mass is 308 g/mol. The van der Waals surface area contributed by atoms with Crippen molar-refractivity contribution in [1.82, 2.24) is 8.57 Å². The van der Waals surface area contributed by atoms with Crippen LogP contribution in [0.4, 0.5) is 0 Å². The van der Waals surface area contributed by atoms with Gasteiger partial charge in [0.05, 0.1) is 0 Å². The van der Waals surface area contributed by atoms with Crippen molar-refractivity contribution in [2.75, 3.05) is 0 Å². The van der Waals surface area contributed by atoms with Gasteiger partial charge in [-0.05, 0) is 20.8 Å². The molecular weight excluding hydrogens is 290 g/mol. The standard InChI is InChI=1S/C4H18N6O2P2S2/c1-4(2,3)10(14(7,8)12)16-15-9-13(5,6)11/h1-3H3,(H4,7,8,12)(H5,5,6,9,11). The molecule has 9 N–H and O–H groups in total. The summed E-state index contributed by atoms with van der Waals surface area (Å²) in [5.74, 6) is 0. The molecule has 0 aromatic heterocycles. The number of rotatable bonds is 5. The molecule has 0 heterocycles. The van der Waals surface area contributed by atoms with Crippen molar-refractivity contribution in [1.29, 1.82) is 0 Å². The third kappa shape index (κ3) is 7.29. The van der Waals surface area contributed by atoms with E-state index in [9.17, 15) is 9.13 Å². The van der Waals surface area contributed by atoms with Gasteiger partial charge in [-0.15, -0.1) is 0 Å². The normalized spacial score (nSPS) is 14.5. The third-order valence-corrected chi connectivity index (χ3v) is 7.20. The zero-order valence-electron chi connectivity index (χ0n) is 9.28. The molecule has 0 amide bonds. The number of nitrogens with zero attached hydrogens (tertiary/aromatic N) is 1. The SMILES string of the molecule is CC(C)(C)N(SSNP(N)(N)=O)P(N)(N)=O. The quantitative estimate of drug-likeness (QED) is 0.281. The van der Waals surface area contributed by atoms with Crippen molar-refractivity contribution in [3.63, 3.8) is 0 Å². The van der Waals surface area contributed by atoms with Crippen molar-refractivity contribution < 1.29 is 9.13 Å². The Bertz CT molecular complexity index is 321. The van der Waals surface area contributed by atoms with Gasteiger partial charge in [0.2, 0.25) is 0 Å². The molecule has 0 rings (SSSR count). The molecule has 8 nitrogen and oxygen atoms in total. The summed E-state index contributed by atoms with van der Waals surface area (Å²) in [6, 6.07) is 0. The van der Waals surface area contributed by atoms with Crippen LogP contribution in [0.15, 0.2) is 0 Å². The summed E-state index contributed by atoms with van der Waals surface area (Å²) < 4.78 is 26.2. The van der Waals surface area contributed by atoms with E-state index in [0.29, 0.717) is 0 Å². The summed E-state index contributed by atoms with van der Waals surface area (Å²) in [6.45, 7) is 5.37. The first kappa shape index (κ1) is 16.9. The Balaban J connectivity index is 4.50. The Hall–Kier alpha value is 0.920. The van der Waals surface area contributed by atoms with E-state index in [-0.39, 0.29) is 0 Å². The first-order valence-electron chi connectivity index (χ1n) is 4.10. The maximum absolute atomic E-state index is 11.6. The van der Waals surface area contributed by atoms with E-state index in [4.69, 9.17) is 22.0 Å². The van der Waals surface area contributed by atoms with Crippen molar-refractivity contribution in [3.8, 4) is 0 Å². The van der Waals surface area contributed by atoms with Crippen LogP contribution in [-0.2, 0) is 9.13 Å². The molecule has 0 bridgehead atoms. The second kappa shape index (κ2) is 5.71. The van der Waals surface area contributed by atoms with Gasteiger partial charge in [-0.1, -0.05) is 0 Å². The molecule has 0 aliphatic heterocycles. The fourth-order valence-corrected chi connectivity index (χ4v) is 6.46. The van der Waals surface area contributed by atoms with Gasteiger partial charge < -0.3 is 0 Å². The Morgan fingerprint density at radius 1 is 1.12 bits per heavy atom. The fourth-order valence-electron chi connectivity index (χ4n) is 0.743. The van der Waals surface area contributed by atoms with Crippen molar-refractivity contribution in [2.24, 2.45) is 22.0 Å². The van der Waals surface area contributed by atoms with E-state index in [0.717, 1.165) is 22.0 Å². The van der Waals surface area contributed by atoms with Crippen LogP contribution in [0.2, 0.25) is 0 Å². The van der Waals surface area contributed by atoms with E-state index in [1.54, 1.807) is 20.8 Å². The minimum atomic E-state index is -3.42. The van der Waals surface area contributed by atoms with Crippen LogP contribution in [0.3, 0.4) is 0 Å². The molecule has 0 spiro atoms. The van der Waals surface area contributed by atoms with Gasteiger partial charge in [-0.3, -0.25) is 31.1 Å². The zero-order valence-corrected chi connectivity index (χ0v) is 12.7. The van der Waals surface area contributed by atoms with Gasteiger partial charge in [0.25, 0.3) is 15.2 Å². The Kier molecular flexibility index (Phi) is 6.03. The predicted molar refractivity (Wildman–Crippen MR) is 71.9 cm³/mol. The Morgan fingerprint density at radius 3 is 1.81 bits per heavy atom. The van der Waals surface area contributed by atoms with Gasteiger partial charge in [0.15, 0.2) is 0 Å². The first-order valence-corrected chi connectivity index (χ1v) is 9.85. The van der Waals surface area contributed by atoms with Crippen LogP contribution < -0.4 is 26.5 Å². The highest BCUT2D eigenvalue weighted by Crippen LogP contribution is 2.49. The molecule has 0 saturated carbocycles. The first-order chi connectivity index (χ1) is 6.84. The van der Waals surface area contributed by atoms with Crippen LogP contribution in [0.5, 0.6) is 0 Å². The van der Waals surface area contributed by atoms with Gasteiger partial charge in [0, 0.05) is 27.5 Å². The summed E-state index contributed by atoms with van der Waals surface area (Å²) in [5, 5.41) is 0. The lowest BCUT2D eigenvalue weighted by Crippen LogP contribution is -2.38. The Labute approximate surface area is 103 Å². The summed E-state index contributed by atoms with van der Waals surface area (Å²) in [5.41, 5.74) is 20.4. The number of nitrogens with two attached hydrogens (primary N) is 4. The predicted octanol–water partition coefficient (Wildman–Crippen LogP) is 0.939. The molecule has 0 aliphatic rings. The summed E-state index contributed by atoms with van der Waals surface area (Å²) in [7, 11) is -4.92. The third-order valence-electron chi connectivity index (χ3n) is 1.15. The van der Waals surface area contributed by atoms with E-state index in [1.807, 2.05) is 0 Å². The van der Waals surface area contributed by atoms with Crippen LogP contribution in [0, 0.1) is 0 Å². The molecule has 12 heteroatoms. The molecule has 0 radical (unpaired) electrons. The molecule has 0 saturated heterocycles. The number of hydrogen-bond acceptors (Lipinski definition) is 4. The maximum Gasteiger partial charge on any atom is 0.287 e. The number of nitrogens with one attached hydrogen (secondary N) is 1. The van der Waals surface area contributed by atoms with Gasteiger partial charge >= 0.3 is 0 Å². The molecule has 16 heavy (non-hydrogen) atoms. The molecular formula is C4H18N6O2P2S2. The van der Waals surface area contributed by atoms with Crippen molar-refractivity contribution in [3.05, 3.63) is 0 Å². The molecule has 0 unspecified atom stereocenters. The van der Waals surface area contributed by atoms with E-state index >= 15 is 0 Å². The lowest BCUT2D eigenvalue weighted by Gasteiger charge is -2.35. The van der Waals surface area contributed by atoms with Crippen LogP contribution in [-0.4, -0.2) is 9.61 Å². The molecule has 0 aromatic rings. The average molecular weight is 308 g/mol. The fraction of sp³-hybridized carbons (Fsp3) is 1.00. The lowest BCUT2D eigenvalue weighted by molar-refractivity contribution is 0.379. The average Bonchev–Trinajstić information content (AvgIpc) is 1.90. The molecule has 0 aliphatic carbocycles. The molecule has 0 aromatic carbocycles. The van der Waals surface area contributed by atoms with Gasteiger partial charge in [-0.2, -0.15) is 8.57 Å². The molecule has 0 fully saturated rings. The molecule has 0 atom stereocenters.